The molecular weight excluding hydrogens is 408 g/mol. The van der Waals surface area contributed by atoms with E-state index in [-0.39, 0.29) is 21.1 Å². The molecule has 31 heavy (non-hydrogen) atoms. The van der Waals surface area contributed by atoms with Gasteiger partial charge in [0.15, 0.2) is 5.65 Å². The maximum atomic E-state index is 13.8. The summed E-state index contributed by atoms with van der Waals surface area (Å²) in [4.78, 5) is 9.57. The summed E-state index contributed by atoms with van der Waals surface area (Å²) < 4.78 is 29.2. The number of hydrogen-bond donors (Lipinski definition) is 1. The lowest BCUT2D eigenvalue weighted by atomic mass is 10.1. The van der Waals surface area contributed by atoms with Gasteiger partial charge in [0.1, 0.15) is 16.2 Å². The molecule has 5 rings (SSSR count). The van der Waals surface area contributed by atoms with Crippen molar-refractivity contribution in [3.8, 4) is 5.69 Å². The van der Waals surface area contributed by atoms with Crippen molar-refractivity contribution in [1.82, 2.24) is 14.5 Å². The van der Waals surface area contributed by atoms with Gasteiger partial charge >= 0.3 is 0 Å². The third kappa shape index (κ3) is 2.97. The van der Waals surface area contributed by atoms with Crippen LogP contribution in [0.3, 0.4) is 0 Å². The van der Waals surface area contributed by atoms with E-state index in [2.05, 4.69) is 4.98 Å². The van der Waals surface area contributed by atoms with Gasteiger partial charge in [0.05, 0.1) is 15.9 Å². The van der Waals surface area contributed by atoms with Crippen LogP contribution in [-0.2, 0) is 9.84 Å². The Hall–Kier alpha value is -3.71. The summed E-state index contributed by atoms with van der Waals surface area (Å²) in [6.07, 6.45) is 0. The minimum absolute atomic E-state index is 0.0205. The molecule has 2 N–H and O–H groups in total. The molecule has 3 aromatic carbocycles. The summed E-state index contributed by atoms with van der Waals surface area (Å²) in [6, 6.07) is 21.8. The minimum atomic E-state index is -3.94. The molecule has 0 aliphatic carbocycles. The largest absolute Gasteiger partial charge is 0.384 e. The third-order valence-electron chi connectivity index (χ3n) is 5.52. The maximum Gasteiger partial charge on any atom is 0.212 e. The predicted octanol–water partition coefficient (Wildman–Crippen LogP) is 4.61. The second-order valence-corrected chi connectivity index (χ2v) is 9.41. The van der Waals surface area contributed by atoms with Gasteiger partial charge in [0.25, 0.3) is 0 Å². The summed E-state index contributed by atoms with van der Waals surface area (Å²) >= 11 is 0. The maximum absolute atomic E-state index is 13.8. The SMILES string of the molecule is Cc1ccc(S(=O)(=O)c2c(N)n(-c3ccccc3)c3nc4ccccc4nc23)cc1C. The molecule has 154 valence electrons. The van der Waals surface area contributed by atoms with Gasteiger partial charge in [-0.05, 0) is 61.4 Å². The number of nitrogen functional groups attached to an aromatic ring is 1. The second kappa shape index (κ2) is 6.92. The van der Waals surface area contributed by atoms with E-state index >= 15 is 0 Å². The quantitative estimate of drug-likeness (QED) is 0.453. The fourth-order valence-electron chi connectivity index (χ4n) is 3.74. The minimum Gasteiger partial charge on any atom is -0.384 e. The van der Waals surface area contributed by atoms with Crippen molar-refractivity contribution in [2.75, 3.05) is 5.73 Å². The topological polar surface area (TPSA) is 90.9 Å². The van der Waals surface area contributed by atoms with Crippen LogP contribution in [0.25, 0.3) is 27.9 Å². The molecule has 2 heterocycles. The van der Waals surface area contributed by atoms with Crippen LogP contribution in [0.2, 0.25) is 0 Å². The van der Waals surface area contributed by atoms with E-state index < -0.39 is 9.84 Å². The number of aryl methyl sites for hydroxylation is 2. The highest BCUT2D eigenvalue weighted by atomic mass is 32.2. The molecule has 7 heteroatoms. The van der Waals surface area contributed by atoms with Gasteiger partial charge in [0.2, 0.25) is 9.84 Å². The first kappa shape index (κ1) is 19.3. The molecule has 0 fully saturated rings. The molecule has 0 saturated carbocycles. The lowest BCUT2D eigenvalue weighted by Gasteiger charge is -2.09. The van der Waals surface area contributed by atoms with Crippen LogP contribution >= 0.6 is 0 Å². The van der Waals surface area contributed by atoms with Crippen LogP contribution in [0.4, 0.5) is 5.82 Å². The molecule has 0 aliphatic rings. The van der Waals surface area contributed by atoms with E-state index in [9.17, 15) is 8.42 Å². The molecule has 0 radical (unpaired) electrons. The average molecular weight is 429 g/mol. The Morgan fingerprint density at radius 3 is 2.13 bits per heavy atom. The molecule has 0 amide bonds. The van der Waals surface area contributed by atoms with Crippen molar-refractivity contribution < 1.29 is 8.42 Å². The fraction of sp³-hybridized carbons (Fsp3) is 0.0833. The van der Waals surface area contributed by atoms with Gasteiger partial charge in [-0.25, -0.2) is 18.4 Å². The number of fused-ring (bicyclic) bond motifs is 2. The van der Waals surface area contributed by atoms with Gasteiger partial charge < -0.3 is 5.73 Å². The second-order valence-electron chi connectivity index (χ2n) is 7.52. The summed E-state index contributed by atoms with van der Waals surface area (Å²) in [5.74, 6) is 0.0923. The highest BCUT2D eigenvalue weighted by Gasteiger charge is 2.30. The third-order valence-corrected chi connectivity index (χ3v) is 7.34. The first-order chi connectivity index (χ1) is 14.9. The zero-order valence-electron chi connectivity index (χ0n) is 17.1. The monoisotopic (exact) mass is 428 g/mol. The predicted molar refractivity (Wildman–Crippen MR) is 122 cm³/mol. The van der Waals surface area contributed by atoms with E-state index in [0.717, 1.165) is 16.8 Å². The number of para-hydroxylation sites is 3. The molecule has 0 saturated heterocycles. The highest BCUT2D eigenvalue weighted by molar-refractivity contribution is 7.92. The smallest absolute Gasteiger partial charge is 0.212 e. The summed E-state index contributed by atoms with van der Waals surface area (Å²) in [7, 11) is -3.94. The Labute approximate surface area is 179 Å². The molecule has 5 aromatic rings. The van der Waals surface area contributed by atoms with Gasteiger partial charge in [-0.3, -0.25) is 4.57 Å². The number of hydrogen-bond acceptors (Lipinski definition) is 5. The summed E-state index contributed by atoms with van der Waals surface area (Å²) in [5.41, 5.74) is 11.1. The van der Waals surface area contributed by atoms with Gasteiger partial charge in [-0.2, -0.15) is 0 Å². The molecule has 0 aliphatic heterocycles. The number of sulfone groups is 1. The number of nitrogens with zero attached hydrogens (tertiary/aromatic N) is 3. The number of benzene rings is 3. The summed E-state index contributed by atoms with van der Waals surface area (Å²) in [5, 5.41) is 0. The van der Waals surface area contributed by atoms with Crippen molar-refractivity contribution in [3.63, 3.8) is 0 Å². The first-order valence-corrected chi connectivity index (χ1v) is 11.3. The average Bonchev–Trinajstić information content (AvgIpc) is 3.05. The molecule has 0 bridgehead atoms. The van der Waals surface area contributed by atoms with E-state index in [0.29, 0.717) is 16.7 Å². The Balaban J connectivity index is 1.91. The lowest BCUT2D eigenvalue weighted by Crippen LogP contribution is -2.07. The van der Waals surface area contributed by atoms with Crippen molar-refractivity contribution in [2.24, 2.45) is 0 Å². The van der Waals surface area contributed by atoms with Gasteiger partial charge in [0, 0.05) is 5.69 Å². The number of anilines is 1. The van der Waals surface area contributed by atoms with Crippen molar-refractivity contribution in [1.29, 1.82) is 0 Å². The van der Waals surface area contributed by atoms with E-state index in [1.807, 2.05) is 68.4 Å². The highest BCUT2D eigenvalue weighted by Crippen LogP contribution is 2.37. The standard InChI is InChI=1S/C24H20N4O2S/c1-15-12-13-18(14-16(15)2)31(29,30)22-21-24(27-20-11-7-6-10-19(20)26-21)28(23(22)25)17-8-4-3-5-9-17/h3-14H,25H2,1-2H3. The van der Waals surface area contributed by atoms with Crippen LogP contribution < -0.4 is 5.73 Å². The van der Waals surface area contributed by atoms with E-state index in [1.165, 1.54) is 0 Å². The molecule has 0 unspecified atom stereocenters. The number of nitrogens with two attached hydrogens (primary N) is 1. The van der Waals surface area contributed by atoms with Crippen LogP contribution in [0.15, 0.2) is 82.6 Å². The van der Waals surface area contributed by atoms with Crippen LogP contribution in [-0.4, -0.2) is 23.0 Å². The molecular formula is C24H20N4O2S. The van der Waals surface area contributed by atoms with Crippen molar-refractivity contribution in [2.45, 2.75) is 23.6 Å². The lowest BCUT2D eigenvalue weighted by molar-refractivity contribution is 0.597. The molecule has 2 aromatic heterocycles. The van der Waals surface area contributed by atoms with E-state index in [1.54, 1.807) is 22.8 Å². The van der Waals surface area contributed by atoms with Crippen molar-refractivity contribution in [3.05, 3.63) is 83.9 Å². The zero-order valence-corrected chi connectivity index (χ0v) is 17.9. The van der Waals surface area contributed by atoms with Crippen LogP contribution in [0.5, 0.6) is 0 Å². The van der Waals surface area contributed by atoms with Crippen molar-refractivity contribution >= 4 is 37.9 Å². The number of aromatic nitrogens is 3. The van der Waals surface area contributed by atoms with E-state index in [4.69, 9.17) is 10.7 Å². The Morgan fingerprint density at radius 2 is 1.45 bits per heavy atom. The molecule has 6 nitrogen and oxygen atoms in total. The first-order valence-electron chi connectivity index (χ1n) is 9.82. The Bertz CT molecular complexity index is 1570. The van der Waals surface area contributed by atoms with Gasteiger partial charge in [-0.1, -0.05) is 36.4 Å². The van der Waals surface area contributed by atoms with Crippen LogP contribution in [0.1, 0.15) is 11.1 Å². The summed E-state index contributed by atoms with van der Waals surface area (Å²) in [6.45, 7) is 3.83. The van der Waals surface area contributed by atoms with Crippen LogP contribution in [0, 0.1) is 13.8 Å². The Morgan fingerprint density at radius 1 is 0.806 bits per heavy atom. The fourth-order valence-corrected chi connectivity index (χ4v) is 5.31. The normalized spacial score (nSPS) is 11.9. The Kier molecular flexibility index (Phi) is 4.30. The number of rotatable bonds is 3. The molecule has 0 spiro atoms. The van der Waals surface area contributed by atoms with Gasteiger partial charge in [-0.15, -0.1) is 0 Å². The zero-order chi connectivity index (χ0) is 21.8. The molecule has 0 atom stereocenters.